The largest absolute Gasteiger partial charge is 0.322 e. The quantitative estimate of drug-likeness (QED) is 0.754. The summed E-state index contributed by atoms with van der Waals surface area (Å²) >= 11 is 0. The molecule has 0 aromatic carbocycles. The molecule has 6 nitrogen and oxygen atoms in total. The lowest BCUT2D eigenvalue weighted by Crippen LogP contribution is -2.13. The Morgan fingerprint density at radius 3 is 2.84 bits per heavy atom. The zero-order valence-electron chi connectivity index (χ0n) is 10.2. The van der Waals surface area contributed by atoms with Crippen molar-refractivity contribution in [3.05, 3.63) is 54.2 Å². The Labute approximate surface area is 109 Å². The van der Waals surface area contributed by atoms with Gasteiger partial charge in [0.2, 0.25) is 0 Å². The summed E-state index contributed by atoms with van der Waals surface area (Å²) in [6.45, 7) is 1.79. The van der Waals surface area contributed by atoms with Gasteiger partial charge in [-0.25, -0.2) is 9.50 Å². The van der Waals surface area contributed by atoms with Crippen LogP contribution in [0.15, 0.2) is 43.0 Å². The van der Waals surface area contributed by atoms with Crippen LogP contribution in [-0.4, -0.2) is 25.5 Å². The van der Waals surface area contributed by atoms with Crippen molar-refractivity contribution < 1.29 is 4.79 Å². The zero-order valence-corrected chi connectivity index (χ0v) is 10.2. The molecular weight excluding hydrogens is 242 g/mol. The summed E-state index contributed by atoms with van der Waals surface area (Å²) in [6.07, 6.45) is 6.64. The van der Waals surface area contributed by atoms with Gasteiger partial charge in [0.15, 0.2) is 5.65 Å². The molecule has 0 saturated heterocycles. The molecule has 0 unspecified atom stereocenters. The predicted molar refractivity (Wildman–Crippen MR) is 69.9 cm³/mol. The second-order valence-corrected chi connectivity index (χ2v) is 4.04. The molecule has 0 bridgehead atoms. The average molecular weight is 253 g/mol. The summed E-state index contributed by atoms with van der Waals surface area (Å²) < 4.78 is 1.59. The van der Waals surface area contributed by atoms with E-state index in [0.717, 1.165) is 0 Å². The molecule has 0 aliphatic heterocycles. The van der Waals surface area contributed by atoms with Crippen molar-refractivity contribution >= 4 is 17.2 Å². The number of carbonyl (C=O) groups excluding carboxylic acids is 1. The van der Waals surface area contributed by atoms with Crippen LogP contribution < -0.4 is 5.32 Å². The standard InChI is InChI=1S/C13H11N5O/c1-9-11(12-15-5-2-8-18(12)17-9)13(19)16-10-3-6-14-7-4-10/h2-8H,1H3,(H,14,16,19). The number of aromatic nitrogens is 4. The maximum absolute atomic E-state index is 12.3. The van der Waals surface area contributed by atoms with Crippen LogP contribution >= 0.6 is 0 Å². The minimum atomic E-state index is -0.225. The molecule has 0 aliphatic rings. The van der Waals surface area contributed by atoms with Gasteiger partial charge in [0.1, 0.15) is 5.56 Å². The molecule has 3 heterocycles. The molecule has 0 saturated carbocycles. The molecular formula is C13H11N5O. The van der Waals surface area contributed by atoms with E-state index in [-0.39, 0.29) is 5.91 Å². The number of amides is 1. The van der Waals surface area contributed by atoms with Gasteiger partial charge in [-0.2, -0.15) is 5.10 Å². The molecule has 0 aliphatic carbocycles. The summed E-state index contributed by atoms with van der Waals surface area (Å²) in [7, 11) is 0. The fourth-order valence-corrected chi connectivity index (χ4v) is 1.89. The summed E-state index contributed by atoms with van der Waals surface area (Å²) in [5, 5.41) is 7.06. The maximum Gasteiger partial charge on any atom is 0.261 e. The number of pyridine rings is 1. The molecule has 1 N–H and O–H groups in total. The van der Waals surface area contributed by atoms with Crippen molar-refractivity contribution in [3.8, 4) is 0 Å². The highest BCUT2D eigenvalue weighted by molar-refractivity contribution is 6.09. The van der Waals surface area contributed by atoms with E-state index in [1.54, 1.807) is 54.4 Å². The van der Waals surface area contributed by atoms with Gasteiger partial charge in [-0.3, -0.25) is 9.78 Å². The van der Waals surface area contributed by atoms with Crippen molar-refractivity contribution in [3.63, 3.8) is 0 Å². The van der Waals surface area contributed by atoms with Crippen LogP contribution in [0, 0.1) is 6.92 Å². The second kappa shape index (κ2) is 4.49. The highest BCUT2D eigenvalue weighted by Gasteiger charge is 2.17. The Hall–Kier alpha value is -2.76. The predicted octanol–water partition coefficient (Wildman–Crippen LogP) is 1.69. The summed E-state index contributed by atoms with van der Waals surface area (Å²) in [4.78, 5) is 20.4. The van der Waals surface area contributed by atoms with E-state index in [4.69, 9.17) is 0 Å². The lowest BCUT2D eigenvalue weighted by atomic mass is 10.2. The first-order valence-electron chi connectivity index (χ1n) is 5.77. The maximum atomic E-state index is 12.3. The number of hydrogen-bond acceptors (Lipinski definition) is 4. The third-order valence-electron chi connectivity index (χ3n) is 2.74. The van der Waals surface area contributed by atoms with Gasteiger partial charge in [-0.1, -0.05) is 0 Å². The van der Waals surface area contributed by atoms with E-state index in [2.05, 4.69) is 20.4 Å². The van der Waals surface area contributed by atoms with Gasteiger partial charge in [0.25, 0.3) is 5.91 Å². The Morgan fingerprint density at radius 2 is 2.05 bits per heavy atom. The molecule has 3 aromatic rings. The number of carbonyl (C=O) groups is 1. The third-order valence-corrected chi connectivity index (χ3v) is 2.74. The van der Waals surface area contributed by atoms with E-state index < -0.39 is 0 Å². The SMILES string of the molecule is Cc1nn2cccnc2c1C(=O)Nc1ccncc1. The van der Waals surface area contributed by atoms with E-state index in [1.165, 1.54) is 0 Å². The van der Waals surface area contributed by atoms with Crippen LogP contribution in [0.4, 0.5) is 5.69 Å². The number of fused-ring (bicyclic) bond motifs is 1. The van der Waals surface area contributed by atoms with Crippen LogP contribution in [0.1, 0.15) is 16.1 Å². The summed E-state index contributed by atoms with van der Waals surface area (Å²) in [6, 6.07) is 5.22. The van der Waals surface area contributed by atoms with Crippen LogP contribution in [-0.2, 0) is 0 Å². The Kier molecular flexibility index (Phi) is 2.68. The highest BCUT2D eigenvalue weighted by Crippen LogP contribution is 2.15. The van der Waals surface area contributed by atoms with E-state index >= 15 is 0 Å². The van der Waals surface area contributed by atoms with Crippen LogP contribution in [0.25, 0.3) is 5.65 Å². The molecule has 0 atom stereocenters. The lowest BCUT2D eigenvalue weighted by molar-refractivity contribution is 0.102. The summed E-state index contributed by atoms with van der Waals surface area (Å²) in [5.41, 5.74) is 2.36. The first kappa shape index (κ1) is 11.3. The van der Waals surface area contributed by atoms with Gasteiger partial charge < -0.3 is 5.32 Å². The monoisotopic (exact) mass is 253 g/mol. The van der Waals surface area contributed by atoms with Gasteiger partial charge in [0, 0.05) is 30.5 Å². The topological polar surface area (TPSA) is 72.2 Å². The fraction of sp³-hybridized carbons (Fsp3) is 0.0769. The smallest absolute Gasteiger partial charge is 0.261 e. The minimum absolute atomic E-state index is 0.225. The minimum Gasteiger partial charge on any atom is -0.322 e. The van der Waals surface area contributed by atoms with E-state index in [0.29, 0.717) is 22.6 Å². The van der Waals surface area contributed by atoms with Crippen LogP contribution in [0.2, 0.25) is 0 Å². The number of nitrogens with one attached hydrogen (secondary N) is 1. The van der Waals surface area contributed by atoms with E-state index in [1.807, 2.05) is 0 Å². The molecule has 1 amide bonds. The molecule has 19 heavy (non-hydrogen) atoms. The zero-order chi connectivity index (χ0) is 13.2. The third kappa shape index (κ3) is 2.03. The first-order valence-corrected chi connectivity index (χ1v) is 5.77. The molecule has 0 radical (unpaired) electrons. The van der Waals surface area contributed by atoms with Gasteiger partial charge in [-0.15, -0.1) is 0 Å². The first-order chi connectivity index (χ1) is 9.25. The normalized spacial score (nSPS) is 10.6. The highest BCUT2D eigenvalue weighted by atomic mass is 16.1. The lowest BCUT2D eigenvalue weighted by Gasteiger charge is -2.03. The Balaban J connectivity index is 2.00. The van der Waals surface area contributed by atoms with Crippen molar-refractivity contribution in [1.82, 2.24) is 19.6 Å². The Morgan fingerprint density at radius 1 is 1.26 bits per heavy atom. The molecule has 3 aromatic heterocycles. The fourth-order valence-electron chi connectivity index (χ4n) is 1.89. The van der Waals surface area contributed by atoms with Crippen LogP contribution in [0.3, 0.4) is 0 Å². The van der Waals surface area contributed by atoms with Gasteiger partial charge in [-0.05, 0) is 25.1 Å². The van der Waals surface area contributed by atoms with Crippen molar-refractivity contribution in [1.29, 1.82) is 0 Å². The number of hydrogen-bond donors (Lipinski definition) is 1. The summed E-state index contributed by atoms with van der Waals surface area (Å²) in [5.74, 6) is -0.225. The number of nitrogens with zero attached hydrogens (tertiary/aromatic N) is 4. The van der Waals surface area contributed by atoms with Crippen molar-refractivity contribution in [2.75, 3.05) is 5.32 Å². The average Bonchev–Trinajstić information content (AvgIpc) is 2.75. The van der Waals surface area contributed by atoms with Crippen LogP contribution in [0.5, 0.6) is 0 Å². The van der Waals surface area contributed by atoms with Gasteiger partial charge >= 0.3 is 0 Å². The molecule has 94 valence electrons. The molecule has 3 rings (SSSR count). The second-order valence-electron chi connectivity index (χ2n) is 4.04. The van der Waals surface area contributed by atoms with Crippen molar-refractivity contribution in [2.24, 2.45) is 0 Å². The molecule has 0 fully saturated rings. The van der Waals surface area contributed by atoms with Gasteiger partial charge in [0.05, 0.1) is 5.69 Å². The molecule has 0 spiro atoms. The number of rotatable bonds is 2. The Bertz CT molecular complexity index is 735. The van der Waals surface area contributed by atoms with Crippen molar-refractivity contribution in [2.45, 2.75) is 6.92 Å². The van der Waals surface area contributed by atoms with E-state index in [9.17, 15) is 4.79 Å². The molecule has 6 heteroatoms. The number of anilines is 1. The number of aryl methyl sites for hydroxylation is 1.